The van der Waals surface area contributed by atoms with Gasteiger partial charge in [-0.15, -0.1) is 13.2 Å². The average molecular weight is 366 g/mol. The van der Waals surface area contributed by atoms with E-state index in [4.69, 9.17) is 10.4 Å². The van der Waals surface area contributed by atoms with Crippen LogP contribution in [0.15, 0.2) is 23.1 Å². The number of aliphatic hydroxyl groups excluding tert-OH is 1. The van der Waals surface area contributed by atoms with E-state index in [1.165, 1.54) is 6.07 Å². The number of β-amino-alcohol motifs (C(OH)–C–C–N with tert-alkyl or cyclic N) is 1. The lowest BCUT2D eigenvalue weighted by atomic mass is 10.1. The number of halogens is 3. The molecule has 1 fully saturated rings. The molecule has 1 heterocycles. The number of rotatable bonds is 4. The summed E-state index contributed by atoms with van der Waals surface area (Å²) in [6.07, 6.45) is -4.97. The Morgan fingerprint density at radius 1 is 1.42 bits per heavy atom. The molecule has 0 aromatic heterocycles. The molecule has 0 spiro atoms. The van der Waals surface area contributed by atoms with Gasteiger partial charge in [-0.2, -0.15) is 9.57 Å². The zero-order chi connectivity index (χ0) is 18.2. The van der Waals surface area contributed by atoms with Gasteiger partial charge in [0, 0.05) is 13.1 Å². The molecule has 1 aromatic carbocycles. The van der Waals surface area contributed by atoms with Crippen LogP contribution in [0.4, 0.5) is 13.2 Å². The zero-order valence-corrected chi connectivity index (χ0v) is 12.9. The number of nitrogens with zero attached hydrogens (tertiary/aromatic N) is 2. The van der Waals surface area contributed by atoms with Crippen molar-refractivity contribution in [3.8, 4) is 11.8 Å². The van der Waals surface area contributed by atoms with Crippen molar-refractivity contribution in [3.05, 3.63) is 23.8 Å². The van der Waals surface area contributed by atoms with Gasteiger partial charge in [-0.25, -0.2) is 8.42 Å². The summed E-state index contributed by atoms with van der Waals surface area (Å²) in [7, 11) is -4.22. The number of ether oxygens (including phenoxy) is 1. The molecule has 1 aliphatic heterocycles. The summed E-state index contributed by atoms with van der Waals surface area (Å²) >= 11 is 0. The van der Waals surface area contributed by atoms with E-state index in [1.54, 1.807) is 0 Å². The lowest BCUT2D eigenvalue weighted by Crippen LogP contribution is -2.38. The summed E-state index contributed by atoms with van der Waals surface area (Å²) < 4.78 is 66.2. The van der Waals surface area contributed by atoms with Crippen molar-refractivity contribution >= 4 is 10.0 Å². The molecular weight excluding hydrogens is 353 g/mol. The summed E-state index contributed by atoms with van der Waals surface area (Å²) in [5.41, 5.74) is -2.10. The van der Waals surface area contributed by atoms with Crippen LogP contribution in [0.1, 0.15) is 12.0 Å². The molecule has 2 N–H and O–H groups in total. The predicted octanol–water partition coefficient (Wildman–Crippen LogP) is 0.575. The van der Waals surface area contributed by atoms with Crippen LogP contribution >= 0.6 is 0 Å². The SMILES string of the molecule is N#Cc1cc(OC(F)(F)F)ccc1S(=O)(=O)N1CC[C@](O)(CO)C1. The molecule has 132 valence electrons. The number of hydrogen-bond acceptors (Lipinski definition) is 6. The second-order valence-corrected chi connectivity index (χ2v) is 7.19. The van der Waals surface area contributed by atoms with Gasteiger partial charge < -0.3 is 14.9 Å². The lowest BCUT2D eigenvalue weighted by molar-refractivity contribution is -0.274. The number of benzene rings is 1. The van der Waals surface area contributed by atoms with E-state index >= 15 is 0 Å². The molecule has 24 heavy (non-hydrogen) atoms. The number of alkyl halides is 3. The zero-order valence-electron chi connectivity index (χ0n) is 12.1. The molecule has 0 unspecified atom stereocenters. The first kappa shape index (κ1) is 18.5. The Kier molecular flexibility index (Phi) is 4.78. The second kappa shape index (κ2) is 6.21. The molecule has 0 saturated carbocycles. The van der Waals surface area contributed by atoms with E-state index in [0.717, 1.165) is 16.4 Å². The number of sulfonamides is 1. The van der Waals surface area contributed by atoms with Crippen molar-refractivity contribution in [2.45, 2.75) is 23.3 Å². The highest BCUT2D eigenvalue weighted by molar-refractivity contribution is 7.89. The Bertz CT molecular complexity index is 775. The van der Waals surface area contributed by atoms with Gasteiger partial charge in [-0.05, 0) is 24.6 Å². The van der Waals surface area contributed by atoms with Crippen molar-refractivity contribution in [2.24, 2.45) is 0 Å². The third-order valence-electron chi connectivity index (χ3n) is 3.51. The van der Waals surface area contributed by atoms with Gasteiger partial charge in [0.05, 0.1) is 12.2 Å². The second-order valence-electron chi connectivity index (χ2n) is 5.29. The summed E-state index contributed by atoms with van der Waals surface area (Å²) in [5.74, 6) is -0.716. The third kappa shape index (κ3) is 3.78. The summed E-state index contributed by atoms with van der Waals surface area (Å²) in [4.78, 5) is -0.498. The van der Waals surface area contributed by atoms with Gasteiger partial charge in [-0.3, -0.25) is 0 Å². The van der Waals surface area contributed by atoms with Crippen LogP contribution in [0.3, 0.4) is 0 Å². The molecule has 7 nitrogen and oxygen atoms in total. The Morgan fingerprint density at radius 3 is 2.58 bits per heavy atom. The summed E-state index contributed by atoms with van der Waals surface area (Å²) in [6.45, 7) is -1.11. The average Bonchev–Trinajstić information content (AvgIpc) is 2.89. The molecule has 0 amide bonds. The van der Waals surface area contributed by atoms with Crippen LogP contribution in [0, 0.1) is 11.3 Å². The maximum absolute atomic E-state index is 12.5. The van der Waals surface area contributed by atoms with Crippen LogP contribution < -0.4 is 4.74 Å². The Hall–Kier alpha value is -1.87. The quantitative estimate of drug-likeness (QED) is 0.806. The van der Waals surface area contributed by atoms with E-state index in [9.17, 15) is 26.7 Å². The van der Waals surface area contributed by atoms with Crippen molar-refractivity contribution in [1.82, 2.24) is 4.31 Å². The van der Waals surface area contributed by atoms with Crippen LogP contribution in [-0.4, -0.2) is 54.6 Å². The highest BCUT2D eigenvalue weighted by atomic mass is 32.2. The molecule has 1 aromatic rings. The van der Waals surface area contributed by atoms with Gasteiger partial charge >= 0.3 is 6.36 Å². The number of aliphatic hydroxyl groups is 2. The molecule has 1 atom stereocenters. The fourth-order valence-electron chi connectivity index (χ4n) is 2.31. The first-order valence-corrected chi connectivity index (χ1v) is 8.08. The fourth-order valence-corrected chi connectivity index (χ4v) is 3.95. The van der Waals surface area contributed by atoms with Crippen molar-refractivity contribution in [1.29, 1.82) is 5.26 Å². The van der Waals surface area contributed by atoms with E-state index in [0.29, 0.717) is 6.07 Å². The topological polar surface area (TPSA) is 111 Å². The highest BCUT2D eigenvalue weighted by Crippen LogP contribution is 2.31. The highest BCUT2D eigenvalue weighted by Gasteiger charge is 2.42. The van der Waals surface area contributed by atoms with Crippen LogP contribution in [-0.2, 0) is 10.0 Å². The van der Waals surface area contributed by atoms with Gasteiger partial charge in [0.1, 0.15) is 22.3 Å². The summed E-state index contributed by atoms with van der Waals surface area (Å²) in [6, 6.07) is 3.82. The van der Waals surface area contributed by atoms with Gasteiger partial charge in [0.2, 0.25) is 10.0 Å². The minimum Gasteiger partial charge on any atom is -0.406 e. The third-order valence-corrected chi connectivity index (χ3v) is 5.42. The van der Waals surface area contributed by atoms with Gasteiger partial charge in [0.15, 0.2) is 0 Å². The Labute approximate surface area is 135 Å². The van der Waals surface area contributed by atoms with Crippen LogP contribution in [0.25, 0.3) is 0 Å². The van der Waals surface area contributed by atoms with Crippen LogP contribution in [0.2, 0.25) is 0 Å². The molecular formula is C13H13F3N2O5S. The van der Waals surface area contributed by atoms with E-state index in [2.05, 4.69) is 4.74 Å². The van der Waals surface area contributed by atoms with E-state index < -0.39 is 44.8 Å². The van der Waals surface area contributed by atoms with E-state index in [1.807, 2.05) is 0 Å². The van der Waals surface area contributed by atoms with Crippen molar-refractivity contribution < 1.29 is 36.5 Å². The fraction of sp³-hybridized carbons (Fsp3) is 0.462. The maximum atomic E-state index is 12.5. The van der Waals surface area contributed by atoms with Gasteiger partial charge in [-0.1, -0.05) is 0 Å². The maximum Gasteiger partial charge on any atom is 0.573 e. The smallest absolute Gasteiger partial charge is 0.406 e. The Morgan fingerprint density at radius 2 is 2.08 bits per heavy atom. The number of hydrogen-bond donors (Lipinski definition) is 2. The van der Waals surface area contributed by atoms with E-state index in [-0.39, 0.29) is 19.5 Å². The normalized spacial score (nSPS) is 22.3. The minimum absolute atomic E-state index is 0.000114. The van der Waals surface area contributed by atoms with Crippen molar-refractivity contribution in [2.75, 3.05) is 19.7 Å². The molecule has 1 aliphatic rings. The van der Waals surface area contributed by atoms with Crippen molar-refractivity contribution in [3.63, 3.8) is 0 Å². The summed E-state index contributed by atoms with van der Waals surface area (Å²) in [5, 5.41) is 28.0. The first-order valence-electron chi connectivity index (χ1n) is 6.64. The molecule has 0 aliphatic carbocycles. The largest absolute Gasteiger partial charge is 0.573 e. The van der Waals surface area contributed by atoms with Crippen LogP contribution in [0.5, 0.6) is 5.75 Å². The monoisotopic (exact) mass is 366 g/mol. The molecule has 0 radical (unpaired) electrons. The molecule has 2 rings (SSSR count). The first-order chi connectivity index (χ1) is 11.0. The minimum atomic E-state index is -4.97. The standard InChI is InChI=1S/C13H13F3N2O5S/c14-13(15,16)23-10-1-2-11(9(5-10)6-17)24(21,22)18-4-3-12(20,7-18)8-19/h1-2,5,19-20H,3-4,7-8H2/t12-/m1/s1. The molecule has 0 bridgehead atoms. The number of nitriles is 1. The lowest BCUT2D eigenvalue weighted by Gasteiger charge is -2.21. The predicted molar refractivity (Wildman–Crippen MR) is 73.3 cm³/mol. The molecule has 1 saturated heterocycles. The van der Waals surface area contributed by atoms with Gasteiger partial charge in [0.25, 0.3) is 0 Å². The molecule has 11 heteroatoms. The Balaban J connectivity index is 2.36.